The number of piperidine rings is 1. The van der Waals surface area contributed by atoms with E-state index in [4.69, 9.17) is 9.72 Å². The van der Waals surface area contributed by atoms with Crippen molar-refractivity contribution < 1.29 is 9.53 Å². The molecule has 2 aliphatic heterocycles. The number of thiophene rings is 1. The molecular weight excluding hydrogens is 426 g/mol. The number of likely N-dealkylation sites (tertiary alicyclic amines) is 1. The van der Waals surface area contributed by atoms with Crippen LogP contribution < -0.4 is 0 Å². The van der Waals surface area contributed by atoms with Crippen LogP contribution >= 0.6 is 22.7 Å². The summed E-state index contributed by atoms with van der Waals surface area (Å²) >= 11 is 3.54. The van der Waals surface area contributed by atoms with E-state index in [2.05, 4.69) is 45.5 Å². The normalized spacial score (nSPS) is 21.9. The van der Waals surface area contributed by atoms with E-state index in [9.17, 15) is 4.79 Å². The number of hydrogen-bond donors (Lipinski definition) is 0. The van der Waals surface area contributed by atoms with E-state index in [-0.39, 0.29) is 12.0 Å². The molecule has 0 saturated carbocycles. The Morgan fingerprint density at radius 3 is 2.94 bits per heavy atom. The molecule has 7 heteroatoms. The summed E-state index contributed by atoms with van der Waals surface area (Å²) in [6.45, 7) is 4.60. The van der Waals surface area contributed by atoms with Crippen molar-refractivity contribution in [1.29, 1.82) is 0 Å². The first-order valence-electron chi connectivity index (χ1n) is 11.2. The van der Waals surface area contributed by atoms with Crippen LogP contribution in [-0.4, -0.2) is 59.6 Å². The second-order valence-corrected chi connectivity index (χ2v) is 10.7. The van der Waals surface area contributed by atoms with Gasteiger partial charge in [0, 0.05) is 43.6 Å². The van der Waals surface area contributed by atoms with E-state index >= 15 is 0 Å². The summed E-state index contributed by atoms with van der Waals surface area (Å²) in [6.07, 6.45) is 4.63. The van der Waals surface area contributed by atoms with Gasteiger partial charge in [-0.15, -0.1) is 22.7 Å². The molecule has 2 atom stereocenters. The zero-order chi connectivity index (χ0) is 21.0. The number of fused-ring (bicyclic) bond motifs is 1. The van der Waals surface area contributed by atoms with Crippen molar-refractivity contribution in [3.8, 4) is 0 Å². The number of benzene rings is 1. The molecule has 3 aromatic rings. The Balaban J connectivity index is 1.24. The maximum atomic E-state index is 13.3. The molecule has 0 radical (unpaired) electrons. The lowest BCUT2D eigenvalue weighted by atomic mass is 9.98. The third kappa shape index (κ3) is 5.17. The van der Waals surface area contributed by atoms with E-state index in [0.29, 0.717) is 12.5 Å². The van der Waals surface area contributed by atoms with Gasteiger partial charge < -0.3 is 9.64 Å². The van der Waals surface area contributed by atoms with E-state index in [0.717, 1.165) is 64.0 Å². The Labute approximate surface area is 191 Å². The summed E-state index contributed by atoms with van der Waals surface area (Å²) in [5, 5.41) is 3.28. The molecule has 0 unspecified atom stereocenters. The van der Waals surface area contributed by atoms with Gasteiger partial charge in [-0.25, -0.2) is 4.98 Å². The largest absolute Gasteiger partial charge is 0.377 e. The molecule has 31 heavy (non-hydrogen) atoms. The molecular formula is C24H29N3O2S2. The molecule has 0 bridgehead atoms. The number of thiazole rings is 1. The first kappa shape index (κ1) is 21.1. The Morgan fingerprint density at radius 2 is 2.13 bits per heavy atom. The molecule has 2 aliphatic rings. The maximum Gasteiger partial charge on any atom is 0.236 e. The topological polar surface area (TPSA) is 45.7 Å². The molecule has 2 fully saturated rings. The van der Waals surface area contributed by atoms with Crippen molar-refractivity contribution in [3.63, 3.8) is 0 Å². The van der Waals surface area contributed by atoms with Gasteiger partial charge in [-0.1, -0.05) is 18.2 Å². The quantitative estimate of drug-likeness (QED) is 0.516. The Morgan fingerprint density at radius 1 is 1.19 bits per heavy atom. The van der Waals surface area contributed by atoms with Gasteiger partial charge in [0.25, 0.3) is 0 Å². The van der Waals surface area contributed by atoms with Crippen LogP contribution in [0.1, 0.15) is 41.5 Å². The van der Waals surface area contributed by atoms with Crippen LogP contribution in [0.15, 0.2) is 41.8 Å². The second kappa shape index (κ2) is 9.77. The van der Waals surface area contributed by atoms with Gasteiger partial charge in [0.15, 0.2) is 0 Å². The van der Waals surface area contributed by atoms with Crippen LogP contribution in [0.4, 0.5) is 0 Å². The third-order valence-electron chi connectivity index (χ3n) is 6.24. The number of aromatic nitrogens is 1. The van der Waals surface area contributed by atoms with Crippen molar-refractivity contribution in [1.82, 2.24) is 14.8 Å². The van der Waals surface area contributed by atoms with Crippen molar-refractivity contribution in [2.45, 2.75) is 44.2 Å². The average molecular weight is 456 g/mol. The number of nitrogens with zero attached hydrogens (tertiary/aromatic N) is 3. The molecule has 0 spiro atoms. The van der Waals surface area contributed by atoms with Crippen LogP contribution in [-0.2, 0) is 16.1 Å². The highest BCUT2D eigenvalue weighted by atomic mass is 32.1. The highest BCUT2D eigenvalue weighted by Gasteiger charge is 2.29. The smallest absolute Gasteiger partial charge is 0.236 e. The van der Waals surface area contributed by atoms with Gasteiger partial charge in [0.05, 0.1) is 27.9 Å². The van der Waals surface area contributed by atoms with Gasteiger partial charge in [-0.2, -0.15) is 0 Å². The molecule has 2 saturated heterocycles. The Bertz CT molecular complexity index is 964. The second-order valence-electron chi connectivity index (χ2n) is 8.58. The minimum absolute atomic E-state index is 0.236. The monoisotopic (exact) mass is 455 g/mol. The van der Waals surface area contributed by atoms with E-state index < -0.39 is 0 Å². The number of ether oxygens (including phenoxy) is 1. The molecule has 5 nitrogen and oxygen atoms in total. The predicted octanol–water partition coefficient (Wildman–Crippen LogP) is 4.75. The number of rotatable bonds is 7. The highest BCUT2D eigenvalue weighted by molar-refractivity contribution is 7.18. The molecule has 1 amide bonds. The summed E-state index contributed by atoms with van der Waals surface area (Å²) in [4.78, 5) is 23.8. The summed E-state index contributed by atoms with van der Waals surface area (Å²) in [5.41, 5.74) is 1.07. The van der Waals surface area contributed by atoms with Crippen LogP contribution in [0, 0.1) is 0 Å². The fourth-order valence-corrected chi connectivity index (χ4v) is 6.48. The van der Waals surface area contributed by atoms with Crippen molar-refractivity contribution in [3.05, 3.63) is 51.7 Å². The van der Waals surface area contributed by atoms with E-state index in [1.165, 1.54) is 14.6 Å². The lowest BCUT2D eigenvalue weighted by molar-refractivity contribution is -0.134. The molecule has 1 aromatic carbocycles. The van der Waals surface area contributed by atoms with Crippen molar-refractivity contribution in [2.75, 3.05) is 32.8 Å². The summed E-state index contributed by atoms with van der Waals surface area (Å²) in [7, 11) is 0. The number of hydrogen-bond acceptors (Lipinski definition) is 6. The van der Waals surface area contributed by atoms with Gasteiger partial charge in [0.2, 0.25) is 5.91 Å². The standard InChI is InChI=1S/C24H29N3O2S2/c28-23(17-26(15-19-7-4-12-29-19)16-20-8-5-13-30-20)27-11-3-6-18(14-27)24-25-21-9-1-2-10-22(21)31-24/h1-2,5,8-10,13,18-19H,3-4,6-7,11-12,14-17H2/t18-,19+/m1/s1. The number of carbonyl (C=O) groups excluding carboxylic acids is 1. The molecule has 0 N–H and O–H groups in total. The predicted molar refractivity (Wildman–Crippen MR) is 127 cm³/mol. The summed E-state index contributed by atoms with van der Waals surface area (Å²) in [6, 6.07) is 12.6. The number of carbonyl (C=O) groups is 1. The highest BCUT2D eigenvalue weighted by Crippen LogP contribution is 2.33. The fourth-order valence-electron chi connectivity index (χ4n) is 4.65. The molecule has 0 aliphatic carbocycles. The van der Waals surface area contributed by atoms with E-state index in [1.54, 1.807) is 22.7 Å². The van der Waals surface area contributed by atoms with Gasteiger partial charge >= 0.3 is 0 Å². The lowest BCUT2D eigenvalue weighted by Gasteiger charge is -2.34. The van der Waals surface area contributed by atoms with Crippen molar-refractivity contribution in [2.24, 2.45) is 0 Å². The molecule has 5 rings (SSSR count). The fraction of sp³-hybridized carbons (Fsp3) is 0.500. The SMILES string of the molecule is O=C(CN(Cc1cccs1)C[C@@H]1CCCO1)N1CCC[C@@H](c2nc3ccccc3s2)C1. The molecule has 2 aromatic heterocycles. The zero-order valence-electron chi connectivity index (χ0n) is 17.7. The Hall–Kier alpha value is -1.80. The minimum Gasteiger partial charge on any atom is -0.377 e. The van der Waals surface area contributed by atoms with Crippen LogP contribution in [0.5, 0.6) is 0 Å². The van der Waals surface area contributed by atoms with E-state index in [1.807, 2.05) is 6.07 Å². The average Bonchev–Trinajstić information content (AvgIpc) is 3.55. The number of amides is 1. The minimum atomic E-state index is 0.236. The number of para-hydroxylation sites is 1. The lowest BCUT2D eigenvalue weighted by Crippen LogP contribution is -2.45. The van der Waals surface area contributed by atoms with Crippen LogP contribution in [0.3, 0.4) is 0 Å². The zero-order valence-corrected chi connectivity index (χ0v) is 19.4. The third-order valence-corrected chi connectivity index (χ3v) is 8.30. The van der Waals surface area contributed by atoms with Crippen LogP contribution in [0.25, 0.3) is 10.2 Å². The Kier molecular flexibility index (Phi) is 6.64. The maximum absolute atomic E-state index is 13.3. The van der Waals surface area contributed by atoms with Gasteiger partial charge in [-0.3, -0.25) is 9.69 Å². The summed E-state index contributed by atoms with van der Waals surface area (Å²) in [5.74, 6) is 0.583. The van der Waals surface area contributed by atoms with Gasteiger partial charge in [0.1, 0.15) is 0 Å². The first-order chi connectivity index (χ1) is 15.2. The van der Waals surface area contributed by atoms with Gasteiger partial charge in [-0.05, 0) is 49.3 Å². The summed E-state index contributed by atoms with van der Waals surface area (Å²) < 4.78 is 7.10. The molecule has 4 heterocycles. The molecule has 164 valence electrons. The van der Waals surface area contributed by atoms with Crippen LogP contribution in [0.2, 0.25) is 0 Å². The first-order valence-corrected chi connectivity index (χ1v) is 12.9. The van der Waals surface area contributed by atoms with Crippen molar-refractivity contribution >= 4 is 38.8 Å².